The average Bonchev–Trinajstić information content (AvgIpc) is 2.20. The highest BCUT2D eigenvalue weighted by Gasteiger charge is 1.93. The molecule has 0 aliphatic carbocycles. The normalized spacial score (nSPS) is 10.2. The highest BCUT2D eigenvalue weighted by atomic mass is 16.4. The second kappa shape index (κ2) is 11.3. The molecule has 0 saturated carbocycles. The van der Waals surface area contributed by atoms with Crippen molar-refractivity contribution in [2.75, 3.05) is 19.6 Å². The van der Waals surface area contributed by atoms with Gasteiger partial charge in [0, 0.05) is 6.54 Å². The minimum Gasteiger partial charge on any atom is -0.465 e. The van der Waals surface area contributed by atoms with E-state index in [-0.39, 0.29) is 0 Å². The van der Waals surface area contributed by atoms with Gasteiger partial charge in [-0.2, -0.15) is 0 Å². The molecule has 0 heterocycles. The first-order chi connectivity index (χ1) is 7.27. The Kier molecular flexibility index (Phi) is 10.7. The maximum absolute atomic E-state index is 10.1. The second-order valence-corrected chi connectivity index (χ2v) is 3.75. The van der Waals surface area contributed by atoms with Gasteiger partial charge in [0.15, 0.2) is 0 Å². The summed E-state index contributed by atoms with van der Waals surface area (Å²) in [6.07, 6.45) is 6.18. The summed E-state index contributed by atoms with van der Waals surface area (Å²) in [4.78, 5) is 10.1. The van der Waals surface area contributed by atoms with Crippen LogP contribution in [0.3, 0.4) is 0 Å². The minimum absolute atomic E-state index is 0.562. The fourth-order valence-electron chi connectivity index (χ4n) is 1.37. The van der Waals surface area contributed by atoms with Gasteiger partial charge in [-0.1, -0.05) is 26.2 Å². The highest BCUT2D eigenvalue weighted by Crippen LogP contribution is 1.96. The molecule has 0 radical (unpaired) electrons. The van der Waals surface area contributed by atoms with Crippen LogP contribution in [0.4, 0.5) is 4.79 Å². The smallest absolute Gasteiger partial charge is 0.404 e. The lowest BCUT2D eigenvalue weighted by atomic mass is 10.2. The van der Waals surface area contributed by atoms with Gasteiger partial charge in [0.05, 0.1) is 0 Å². The van der Waals surface area contributed by atoms with Crippen LogP contribution in [-0.2, 0) is 0 Å². The van der Waals surface area contributed by atoms with Gasteiger partial charge >= 0.3 is 6.09 Å². The number of rotatable bonds is 10. The maximum Gasteiger partial charge on any atom is 0.404 e. The van der Waals surface area contributed by atoms with Crippen LogP contribution in [0.2, 0.25) is 0 Å². The van der Waals surface area contributed by atoms with E-state index in [1.165, 1.54) is 25.7 Å². The van der Waals surface area contributed by atoms with Crippen LogP contribution in [0.25, 0.3) is 0 Å². The first kappa shape index (κ1) is 14.2. The molecule has 0 aromatic rings. The molecule has 4 heteroatoms. The Balaban J connectivity index is 2.89. The number of nitrogens with one attached hydrogen (secondary N) is 2. The molecule has 0 saturated heterocycles. The molecule has 0 rings (SSSR count). The molecule has 0 aromatic heterocycles. The summed E-state index contributed by atoms with van der Waals surface area (Å²) >= 11 is 0. The molecule has 0 aliphatic heterocycles. The summed E-state index contributed by atoms with van der Waals surface area (Å²) in [6, 6.07) is 0. The van der Waals surface area contributed by atoms with E-state index >= 15 is 0 Å². The van der Waals surface area contributed by atoms with Gasteiger partial charge in [-0.3, -0.25) is 0 Å². The van der Waals surface area contributed by atoms with Gasteiger partial charge in [-0.15, -0.1) is 0 Å². The first-order valence-corrected chi connectivity index (χ1v) is 5.95. The second-order valence-electron chi connectivity index (χ2n) is 3.75. The van der Waals surface area contributed by atoms with E-state index < -0.39 is 6.09 Å². The molecule has 0 spiro atoms. The Hall–Kier alpha value is -0.770. The van der Waals surface area contributed by atoms with Gasteiger partial charge in [0.1, 0.15) is 0 Å². The Morgan fingerprint density at radius 1 is 1.00 bits per heavy atom. The van der Waals surface area contributed by atoms with E-state index in [1.54, 1.807) is 0 Å². The zero-order chi connectivity index (χ0) is 11.4. The van der Waals surface area contributed by atoms with Crippen LogP contribution in [0.5, 0.6) is 0 Å². The van der Waals surface area contributed by atoms with Gasteiger partial charge < -0.3 is 15.7 Å². The summed E-state index contributed by atoms with van der Waals surface area (Å²) in [5.41, 5.74) is 0. The third-order valence-electron chi connectivity index (χ3n) is 2.26. The van der Waals surface area contributed by atoms with E-state index in [1.807, 2.05) is 0 Å². The van der Waals surface area contributed by atoms with E-state index in [2.05, 4.69) is 17.6 Å². The molecular weight excluding hydrogens is 192 g/mol. The average molecular weight is 216 g/mol. The van der Waals surface area contributed by atoms with E-state index in [0.717, 1.165) is 25.9 Å². The number of amides is 1. The lowest BCUT2D eigenvalue weighted by Crippen LogP contribution is -2.23. The number of carboxylic acid groups (broad SMARTS) is 1. The Morgan fingerprint density at radius 3 is 2.20 bits per heavy atom. The molecule has 0 aromatic carbocycles. The molecule has 0 bridgehead atoms. The summed E-state index contributed by atoms with van der Waals surface area (Å²) < 4.78 is 0. The standard InChI is InChI=1S/C11H24N2O2/c1-2-3-4-5-8-12-9-6-7-10-13-11(14)15/h12-13H,2-10H2,1H3,(H,14,15). The Morgan fingerprint density at radius 2 is 1.60 bits per heavy atom. The van der Waals surface area contributed by atoms with Crippen LogP contribution >= 0.6 is 0 Å². The molecule has 0 aliphatic rings. The first-order valence-electron chi connectivity index (χ1n) is 5.95. The van der Waals surface area contributed by atoms with Crippen molar-refractivity contribution in [3.8, 4) is 0 Å². The van der Waals surface area contributed by atoms with Gasteiger partial charge in [0.2, 0.25) is 0 Å². The van der Waals surface area contributed by atoms with Crippen molar-refractivity contribution in [1.29, 1.82) is 0 Å². The minimum atomic E-state index is -0.928. The third-order valence-corrected chi connectivity index (χ3v) is 2.26. The predicted molar refractivity (Wildman–Crippen MR) is 62.3 cm³/mol. The molecule has 4 nitrogen and oxygen atoms in total. The zero-order valence-electron chi connectivity index (χ0n) is 9.72. The Labute approximate surface area is 92.4 Å². The number of hydrogen-bond acceptors (Lipinski definition) is 2. The molecule has 3 N–H and O–H groups in total. The Bertz CT molecular complexity index is 152. The summed E-state index contributed by atoms with van der Waals surface area (Å²) in [6.45, 7) is 4.86. The number of unbranched alkanes of at least 4 members (excludes halogenated alkanes) is 4. The van der Waals surface area contributed by atoms with Crippen molar-refractivity contribution in [3.05, 3.63) is 0 Å². The fraction of sp³-hybridized carbons (Fsp3) is 0.909. The SMILES string of the molecule is CCCCCCNCCCCNC(=O)O. The highest BCUT2D eigenvalue weighted by molar-refractivity contribution is 5.64. The van der Waals surface area contributed by atoms with Crippen molar-refractivity contribution >= 4 is 6.09 Å². The topological polar surface area (TPSA) is 61.4 Å². The molecule has 0 atom stereocenters. The van der Waals surface area contributed by atoms with Crippen LogP contribution in [0.15, 0.2) is 0 Å². The van der Waals surface area contributed by atoms with Crippen molar-refractivity contribution in [1.82, 2.24) is 10.6 Å². The molecule has 0 fully saturated rings. The molecule has 90 valence electrons. The number of hydrogen-bond donors (Lipinski definition) is 3. The van der Waals surface area contributed by atoms with Crippen LogP contribution in [0, 0.1) is 0 Å². The summed E-state index contributed by atoms with van der Waals surface area (Å²) in [5.74, 6) is 0. The monoisotopic (exact) mass is 216 g/mol. The quantitative estimate of drug-likeness (QED) is 0.491. The van der Waals surface area contributed by atoms with Gasteiger partial charge in [0.25, 0.3) is 0 Å². The molecular formula is C11H24N2O2. The van der Waals surface area contributed by atoms with Crippen LogP contribution < -0.4 is 10.6 Å². The van der Waals surface area contributed by atoms with E-state index in [4.69, 9.17) is 5.11 Å². The van der Waals surface area contributed by atoms with Crippen molar-refractivity contribution in [2.24, 2.45) is 0 Å². The van der Waals surface area contributed by atoms with Crippen molar-refractivity contribution in [3.63, 3.8) is 0 Å². The molecule has 15 heavy (non-hydrogen) atoms. The summed E-state index contributed by atoms with van der Waals surface area (Å²) in [5, 5.41) is 14.0. The predicted octanol–water partition coefficient (Wildman–Crippen LogP) is 2.20. The third kappa shape index (κ3) is 13.2. The van der Waals surface area contributed by atoms with Gasteiger partial charge in [-0.05, 0) is 32.4 Å². The van der Waals surface area contributed by atoms with Crippen LogP contribution in [-0.4, -0.2) is 30.8 Å². The fourth-order valence-corrected chi connectivity index (χ4v) is 1.37. The molecule has 0 unspecified atom stereocenters. The van der Waals surface area contributed by atoms with Crippen LogP contribution in [0.1, 0.15) is 45.4 Å². The lowest BCUT2D eigenvalue weighted by Gasteiger charge is -2.04. The van der Waals surface area contributed by atoms with Gasteiger partial charge in [-0.25, -0.2) is 4.79 Å². The maximum atomic E-state index is 10.1. The van der Waals surface area contributed by atoms with E-state index in [0.29, 0.717) is 6.54 Å². The summed E-state index contributed by atoms with van der Waals surface area (Å²) in [7, 11) is 0. The largest absolute Gasteiger partial charge is 0.465 e. The number of carbonyl (C=O) groups is 1. The zero-order valence-corrected chi connectivity index (χ0v) is 9.72. The van der Waals surface area contributed by atoms with E-state index in [9.17, 15) is 4.79 Å². The van der Waals surface area contributed by atoms with Crippen molar-refractivity contribution < 1.29 is 9.90 Å². The lowest BCUT2D eigenvalue weighted by molar-refractivity contribution is 0.194. The molecule has 1 amide bonds. The van der Waals surface area contributed by atoms with Crippen molar-refractivity contribution in [2.45, 2.75) is 45.4 Å².